The first kappa shape index (κ1) is 13.5. The van der Waals surface area contributed by atoms with Crippen LogP contribution in [0.15, 0.2) is 29.2 Å². The third-order valence-corrected chi connectivity index (χ3v) is 3.54. The molecule has 4 nitrogen and oxygen atoms in total. The Balaban J connectivity index is 3.30. The van der Waals surface area contributed by atoms with Gasteiger partial charge in [0.05, 0.1) is 10.5 Å². The molecular weight excluding hydrogens is 261 g/mol. The maximum absolute atomic E-state index is 12.0. The molecule has 1 aromatic rings. The van der Waals surface area contributed by atoms with E-state index in [9.17, 15) is 26.4 Å². The lowest BCUT2D eigenvalue weighted by atomic mass is 10.2. The summed E-state index contributed by atoms with van der Waals surface area (Å²) < 4.78 is 58.9. The first-order chi connectivity index (χ1) is 7.63. The molecule has 0 spiro atoms. The molecule has 17 heavy (non-hydrogen) atoms. The minimum absolute atomic E-state index is 0.670. The van der Waals surface area contributed by atoms with Gasteiger partial charge in [-0.3, -0.25) is 0 Å². The molecule has 0 fully saturated rings. The summed E-state index contributed by atoms with van der Waals surface area (Å²) in [6.45, 7) is 0. The number of aromatic carboxylic acids is 1. The van der Waals surface area contributed by atoms with Crippen molar-refractivity contribution >= 4 is 15.8 Å². The van der Waals surface area contributed by atoms with Crippen LogP contribution in [0.5, 0.6) is 0 Å². The highest BCUT2D eigenvalue weighted by Gasteiger charge is 2.37. The molecule has 0 atom stereocenters. The molecule has 94 valence electrons. The molecule has 0 saturated carbocycles. The van der Waals surface area contributed by atoms with Crippen LogP contribution in [0.4, 0.5) is 13.2 Å². The Morgan fingerprint density at radius 3 is 2.24 bits per heavy atom. The van der Waals surface area contributed by atoms with Gasteiger partial charge in [0, 0.05) is 0 Å². The summed E-state index contributed by atoms with van der Waals surface area (Å²) in [6, 6.07) is 4.17. The topological polar surface area (TPSA) is 71.4 Å². The van der Waals surface area contributed by atoms with Gasteiger partial charge in [0.2, 0.25) is 0 Å². The first-order valence-electron chi connectivity index (χ1n) is 4.25. The third kappa shape index (κ3) is 3.45. The molecule has 0 aliphatic heterocycles. The monoisotopic (exact) mass is 268 g/mol. The van der Waals surface area contributed by atoms with E-state index in [2.05, 4.69) is 0 Å². The smallest absolute Gasteiger partial charge is 0.403 e. The van der Waals surface area contributed by atoms with Crippen molar-refractivity contribution in [1.82, 2.24) is 0 Å². The van der Waals surface area contributed by atoms with Crippen LogP contribution in [0.2, 0.25) is 0 Å². The van der Waals surface area contributed by atoms with Crippen LogP contribution in [0.25, 0.3) is 0 Å². The van der Waals surface area contributed by atoms with Crippen LogP contribution in [0.1, 0.15) is 10.4 Å². The molecule has 0 amide bonds. The van der Waals surface area contributed by atoms with Gasteiger partial charge in [-0.2, -0.15) is 13.2 Å². The molecule has 8 heteroatoms. The number of hydrogen-bond acceptors (Lipinski definition) is 3. The highest BCUT2D eigenvalue weighted by Crippen LogP contribution is 2.24. The van der Waals surface area contributed by atoms with Gasteiger partial charge in [-0.15, -0.1) is 0 Å². The second-order valence-corrected chi connectivity index (χ2v) is 5.13. The number of hydrogen-bond donors (Lipinski definition) is 1. The maximum Gasteiger partial charge on any atom is 0.403 e. The predicted octanol–water partition coefficient (Wildman–Crippen LogP) is 1.72. The van der Waals surface area contributed by atoms with Gasteiger partial charge in [0.1, 0.15) is 0 Å². The van der Waals surface area contributed by atoms with Crippen molar-refractivity contribution in [2.24, 2.45) is 0 Å². The summed E-state index contributed by atoms with van der Waals surface area (Å²) in [6.07, 6.45) is -4.91. The minimum Gasteiger partial charge on any atom is -0.478 e. The Bertz CT molecular complexity index is 533. The van der Waals surface area contributed by atoms with Gasteiger partial charge in [-0.05, 0) is 12.1 Å². The average molecular weight is 268 g/mol. The average Bonchev–Trinajstić information content (AvgIpc) is 2.14. The summed E-state index contributed by atoms with van der Waals surface area (Å²) in [5.41, 5.74) is -0.670. The summed E-state index contributed by atoms with van der Waals surface area (Å²) in [5, 5.41) is 8.68. The van der Waals surface area contributed by atoms with Gasteiger partial charge in [0.25, 0.3) is 0 Å². The second kappa shape index (κ2) is 4.36. The minimum atomic E-state index is -4.91. The number of carboxylic acids is 1. The van der Waals surface area contributed by atoms with Crippen molar-refractivity contribution in [3.8, 4) is 0 Å². The molecule has 1 N–H and O–H groups in total. The normalized spacial score (nSPS) is 12.4. The van der Waals surface area contributed by atoms with Crippen LogP contribution in [-0.2, 0) is 9.84 Å². The van der Waals surface area contributed by atoms with Crippen molar-refractivity contribution < 1.29 is 31.5 Å². The number of halogens is 3. The van der Waals surface area contributed by atoms with E-state index in [-0.39, 0.29) is 0 Å². The van der Waals surface area contributed by atoms with Crippen molar-refractivity contribution in [3.63, 3.8) is 0 Å². The SMILES string of the molecule is O=C(O)c1ccccc1S(=O)(=O)CC(F)(F)F. The zero-order chi connectivity index (χ0) is 13.3. The molecule has 0 bridgehead atoms. The zero-order valence-electron chi connectivity index (χ0n) is 8.23. The Morgan fingerprint density at radius 1 is 1.24 bits per heavy atom. The number of carboxylic acid groups (broad SMARTS) is 1. The van der Waals surface area contributed by atoms with Crippen molar-refractivity contribution in [3.05, 3.63) is 29.8 Å². The van der Waals surface area contributed by atoms with E-state index in [1.54, 1.807) is 0 Å². The fraction of sp³-hybridized carbons (Fsp3) is 0.222. The lowest BCUT2D eigenvalue weighted by molar-refractivity contribution is -0.106. The maximum atomic E-state index is 12.0. The predicted molar refractivity (Wildman–Crippen MR) is 51.5 cm³/mol. The van der Waals surface area contributed by atoms with Crippen LogP contribution in [-0.4, -0.2) is 31.4 Å². The van der Waals surface area contributed by atoms with E-state index in [1.807, 2.05) is 0 Å². The Morgan fingerprint density at radius 2 is 1.76 bits per heavy atom. The number of sulfone groups is 1. The van der Waals surface area contributed by atoms with Gasteiger partial charge in [-0.1, -0.05) is 12.1 Å². The number of alkyl halides is 3. The van der Waals surface area contributed by atoms with Gasteiger partial charge >= 0.3 is 12.1 Å². The molecule has 1 aromatic carbocycles. The molecule has 0 aromatic heterocycles. The summed E-state index contributed by atoms with van der Waals surface area (Å²) in [4.78, 5) is 9.86. The summed E-state index contributed by atoms with van der Waals surface area (Å²) in [7, 11) is -4.70. The third-order valence-electron chi connectivity index (χ3n) is 1.81. The highest BCUT2D eigenvalue weighted by molar-refractivity contribution is 7.91. The first-order valence-corrected chi connectivity index (χ1v) is 5.90. The van der Waals surface area contributed by atoms with E-state index < -0.39 is 38.2 Å². The fourth-order valence-corrected chi connectivity index (χ4v) is 2.57. The Hall–Kier alpha value is -1.57. The van der Waals surface area contributed by atoms with Gasteiger partial charge in [-0.25, -0.2) is 13.2 Å². The molecular formula is C9H7F3O4S. The van der Waals surface area contributed by atoms with E-state index in [0.29, 0.717) is 0 Å². The van der Waals surface area contributed by atoms with E-state index in [4.69, 9.17) is 5.11 Å². The molecule has 1 rings (SSSR count). The number of benzene rings is 1. The van der Waals surface area contributed by atoms with Crippen molar-refractivity contribution in [1.29, 1.82) is 0 Å². The van der Waals surface area contributed by atoms with Gasteiger partial charge < -0.3 is 5.11 Å². The molecule has 0 heterocycles. The zero-order valence-corrected chi connectivity index (χ0v) is 9.05. The molecule has 0 unspecified atom stereocenters. The van der Waals surface area contributed by atoms with Crippen LogP contribution >= 0.6 is 0 Å². The van der Waals surface area contributed by atoms with E-state index in [1.165, 1.54) is 6.07 Å². The lowest BCUT2D eigenvalue weighted by Crippen LogP contribution is -2.24. The van der Waals surface area contributed by atoms with Crippen LogP contribution in [0, 0.1) is 0 Å². The van der Waals surface area contributed by atoms with E-state index in [0.717, 1.165) is 18.2 Å². The second-order valence-electron chi connectivity index (χ2n) is 3.18. The Labute approximate surface area is 94.6 Å². The summed E-state index contributed by atoms with van der Waals surface area (Å²) in [5.74, 6) is -3.67. The fourth-order valence-electron chi connectivity index (χ4n) is 1.21. The highest BCUT2D eigenvalue weighted by atomic mass is 32.2. The van der Waals surface area contributed by atoms with Crippen LogP contribution in [0.3, 0.4) is 0 Å². The van der Waals surface area contributed by atoms with Crippen molar-refractivity contribution in [2.75, 3.05) is 5.75 Å². The lowest BCUT2D eigenvalue weighted by Gasteiger charge is -2.09. The quantitative estimate of drug-likeness (QED) is 0.906. The Kier molecular flexibility index (Phi) is 3.46. The summed E-state index contributed by atoms with van der Waals surface area (Å²) >= 11 is 0. The largest absolute Gasteiger partial charge is 0.478 e. The standard InChI is InChI=1S/C9H7F3O4S/c10-9(11,12)5-17(15,16)7-4-2-1-3-6(7)8(13)14/h1-4H,5H2,(H,13,14). The number of rotatable bonds is 3. The molecule has 0 radical (unpaired) electrons. The molecule has 0 saturated heterocycles. The van der Waals surface area contributed by atoms with Gasteiger partial charge in [0.15, 0.2) is 15.6 Å². The molecule has 0 aliphatic carbocycles. The van der Waals surface area contributed by atoms with Crippen LogP contribution < -0.4 is 0 Å². The van der Waals surface area contributed by atoms with Crippen molar-refractivity contribution in [2.45, 2.75) is 11.1 Å². The van der Waals surface area contributed by atoms with E-state index >= 15 is 0 Å². The molecule has 0 aliphatic rings. The number of carbonyl (C=O) groups is 1.